The number of nitrogens with one attached hydrogen (secondary N) is 2. The van der Waals surface area contributed by atoms with E-state index in [1.165, 1.54) is 0 Å². The van der Waals surface area contributed by atoms with Crippen LogP contribution < -0.4 is 16.4 Å². The van der Waals surface area contributed by atoms with E-state index in [2.05, 4.69) is 10.6 Å². The van der Waals surface area contributed by atoms with E-state index in [-0.39, 0.29) is 6.54 Å². The van der Waals surface area contributed by atoms with Crippen LogP contribution in [0.1, 0.15) is 5.56 Å². The Labute approximate surface area is 112 Å². The summed E-state index contributed by atoms with van der Waals surface area (Å²) in [4.78, 5) is 23.1. The van der Waals surface area contributed by atoms with Gasteiger partial charge in [-0.25, -0.2) is 0 Å². The van der Waals surface area contributed by atoms with E-state index in [0.717, 1.165) is 5.56 Å². The lowest BCUT2D eigenvalue weighted by atomic mass is 10.1. The Balaban J connectivity index is 2.65. The van der Waals surface area contributed by atoms with Crippen LogP contribution in [0.25, 0.3) is 0 Å². The first-order chi connectivity index (χ1) is 9.19. The molecule has 2 amide bonds. The fourth-order valence-corrected chi connectivity index (χ4v) is 1.52. The molecular formula is C13H19N3O3. The van der Waals surface area contributed by atoms with Crippen LogP contribution in [0.3, 0.4) is 0 Å². The maximum absolute atomic E-state index is 11.6. The van der Waals surface area contributed by atoms with Crippen LogP contribution in [0.2, 0.25) is 0 Å². The molecule has 0 spiro atoms. The van der Waals surface area contributed by atoms with Crippen LogP contribution >= 0.6 is 0 Å². The van der Waals surface area contributed by atoms with Crippen molar-refractivity contribution in [3.8, 4) is 0 Å². The number of methoxy groups -OCH3 is 1. The van der Waals surface area contributed by atoms with Gasteiger partial charge in [0.2, 0.25) is 0 Å². The SMILES string of the molecule is COCCc1ccccc1NC(=O)C(=O)NCCN. The molecule has 0 aliphatic heterocycles. The Bertz CT molecular complexity index is 435. The molecule has 6 nitrogen and oxygen atoms in total. The third-order valence-electron chi connectivity index (χ3n) is 2.48. The highest BCUT2D eigenvalue weighted by Crippen LogP contribution is 2.15. The molecule has 0 aromatic heterocycles. The molecule has 6 heteroatoms. The van der Waals surface area contributed by atoms with Gasteiger partial charge in [0.15, 0.2) is 0 Å². The molecule has 1 aromatic rings. The summed E-state index contributed by atoms with van der Waals surface area (Å²) in [6.45, 7) is 1.12. The Morgan fingerprint density at radius 3 is 2.68 bits per heavy atom. The summed E-state index contributed by atoms with van der Waals surface area (Å²) >= 11 is 0. The Hall–Kier alpha value is -1.92. The standard InChI is InChI=1S/C13H19N3O3/c1-19-9-6-10-4-2-3-5-11(10)16-13(18)12(17)15-8-7-14/h2-5H,6-9,14H2,1H3,(H,15,17)(H,16,18). The maximum Gasteiger partial charge on any atom is 0.313 e. The van der Waals surface area contributed by atoms with Crippen LogP contribution in [0, 0.1) is 0 Å². The lowest BCUT2D eigenvalue weighted by molar-refractivity contribution is -0.136. The fourth-order valence-electron chi connectivity index (χ4n) is 1.52. The predicted molar refractivity (Wildman–Crippen MR) is 72.7 cm³/mol. The van der Waals surface area contributed by atoms with Crippen molar-refractivity contribution >= 4 is 17.5 Å². The van der Waals surface area contributed by atoms with Gasteiger partial charge in [-0.1, -0.05) is 18.2 Å². The summed E-state index contributed by atoms with van der Waals surface area (Å²) in [6.07, 6.45) is 0.664. The Kier molecular flexibility index (Phi) is 6.56. The zero-order valence-corrected chi connectivity index (χ0v) is 10.9. The molecule has 0 saturated carbocycles. The van der Waals surface area contributed by atoms with E-state index in [4.69, 9.17) is 10.5 Å². The van der Waals surface area contributed by atoms with Crippen molar-refractivity contribution in [1.82, 2.24) is 5.32 Å². The number of nitrogens with two attached hydrogens (primary N) is 1. The molecule has 104 valence electrons. The van der Waals surface area contributed by atoms with Gasteiger partial charge in [-0.2, -0.15) is 0 Å². The van der Waals surface area contributed by atoms with Gasteiger partial charge in [-0.15, -0.1) is 0 Å². The molecule has 1 rings (SSSR count). The lowest BCUT2D eigenvalue weighted by Gasteiger charge is -2.10. The Morgan fingerprint density at radius 2 is 2.00 bits per heavy atom. The highest BCUT2D eigenvalue weighted by Gasteiger charge is 2.14. The number of amides is 2. The summed E-state index contributed by atoms with van der Waals surface area (Å²) in [7, 11) is 1.61. The van der Waals surface area contributed by atoms with Crippen LogP contribution in [0.5, 0.6) is 0 Å². The van der Waals surface area contributed by atoms with E-state index in [1.807, 2.05) is 12.1 Å². The van der Waals surface area contributed by atoms with Crippen molar-refractivity contribution < 1.29 is 14.3 Å². The largest absolute Gasteiger partial charge is 0.384 e. The summed E-state index contributed by atoms with van der Waals surface area (Å²) in [5, 5.41) is 5.00. The molecule has 0 saturated heterocycles. The van der Waals surface area contributed by atoms with Crippen molar-refractivity contribution in [1.29, 1.82) is 0 Å². The highest BCUT2D eigenvalue weighted by molar-refractivity contribution is 6.39. The zero-order chi connectivity index (χ0) is 14.1. The first kappa shape index (κ1) is 15.1. The highest BCUT2D eigenvalue weighted by atomic mass is 16.5. The average Bonchev–Trinajstić information content (AvgIpc) is 2.43. The van der Waals surface area contributed by atoms with Crippen molar-refractivity contribution in [3.63, 3.8) is 0 Å². The molecule has 0 radical (unpaired) electrons. The monoisotopic (exact) mass is 265 g/mol. The first-order valence-corrected chi connectivity index (χ1v) is 6.05. The number of carbonyl (C=O) groups is 2. The third kappa shape index (κ3) is 5.07. The molecule has 4 N–H and O–H groups in total. The molecular weight excluding hydrogens is 246 g/mol. The number of carbonyl (C=O) groups excluding carboxylic acids is 2. The number of anilines is 1. The minimum absolute atomic E-state index is 0.275. The smallest absolute Gasteiger partial charge is 0.313 e. The van der Waals surface area contributed by atoms with Crippen molar-refractivity contribution in [2.24, 2.45) is 5.73 Å². The molecule has 0 aliphatic rings. The molecule has 0 fully saturated rings. The van der Waals surface area contributed by atoms with Gasteiger partial charge in [-0.05, 0) is 18.1 Å². The maximum atomic E-state index is 11.6. The third-order valence-corrected chi connectivity index (χ3v) is 2.48. The summed E-state index contributed by atoms with van der Waals surface area (Å²) in [5.74, 6) is -1.38. The lowest BCUT2D eigenvalue weighted by Crippen LogP contribution is -2.38. The van der Waals surface area contributed by atoms with Crippen molar-refractivity contribution in [2.45, 2.75) is 6.42 Å². The summed E-state index contributed by atoms with van der Waals surface area (Å²) in [5.41, 5.74) is 6.79. The summed E-state index contributed by atoms with van der Waals surface area (Å²) < 4.78 is 5.00. The number of hydrogen-bond acceptors (Lipinski definition) is 4. The Morgan fingerprint density at radius 1 is 1.26 bits per heavy atom. The predicted octanol–water partition coefficient (Wildman–Crippen LogP) is -0.111. The van der Waals surface area contributed by atoms with Gasteiger partial charge in [0.05, 0.1) is 6.61 Å². The molecule has 0 heterocycles. The van der Waals surface area contributed by atoms with Crippen LogP contribution in [-0.2, 0) is 20.7 Å². The van der Waals surface area contributed by atoms with Crippen LogP contribution in [-0.4, -0.2) is 38.6 Å². The minimum Gasteiger partial charge on any atom is -0.384 e. The van der Waals surface area contributed by atoms with E-state index in [1.54, 1.807) is 19.2 Å². The topological polar surface area (TPSA) is 93.4 Å². The molecule has 19 heavy (non-hydrogen) atoms. The second-order valence-electron chi connectivity index (χ2n) is 3.90. The van der Waals surface area contributed by atoms with E-state index in [0.29, 0.717) is 25.3 Å². The normalized spacial score (nSPS) is 10.0. The second-order valence-corrected chi connectivity index (χ2v) is 3.90. The van der Waals surface area contributed by atoms with Gasteiger partial charge in [0.25, 0.3) is 0 Å². The molecule has 0 aliphatic carbocycles. The number of benzene rings is 1. The van der Waals surface area contributed by atoms with Gasteiger partial charge < -0.3 is 21.1 Å². The van der Waals surface area contributed by atoms with Crippen molar-refractivity contribution in [3.05, 3.63) is 29.8 Å². The number of rotatable bonds is 6. The number of ether oxygens (including phenoxy) is 1. The van der Waals surface area contributed by atoms with E-state index < -0.39 is 11.8 Å². The fraction of sp³-hybridized carbons (Fsp3) is 0.385. The van der Waals surface area contributed by atoms with Gasteiger partial charge in [-0.3, -0.25) is 9.59 Å². The number of hydrogen-bond donors (Lipinski definition) is 3. The first-order valence-electron chi connectivity index (χ1n) is 6.05. The molecule has 0 unspecified atom stereocenters. The van der Waals surface area contributed by atoms with Crippen LogP contribution in [0.15, 0.2) is 24.3 Å². The molecule has 1 aromatic carbocycles. The van der Waals surface area contributed by atoms with Crippen molar-refractivity contribution in [2.75, 3.05) is 32.1 Å². The average molecular weight is 265 g/mol. The molecule has 0 atom stereocenters. The van der Waals surface area contributed by atoms with Gasteiger partial charge in [0, 0.05) is 25.9 Å². The zero-order valence-electron chi connectivity index (χ0n) is 10.9. The second kappa shape index (κ2) is 8.23. The summed E-state index contributed by atoms with van der Waals surface area (Å²) in [6, 6.07) is 7.30. The van der Waals surface area contributed by atoms with Crippen LogP contribution in [0.4, 0.5) is 5.69 Å². The van der Waals surface area contributed by atoms with E-state index >= 15 is 0 Å². The van der Waals surface area contributed by atoms with Gasteiger partial charge >= 0.3 is 11.8 Å². The molecule has 0 bridgehead atoms. The minimum atomic E-state index is -0.696. The van der Waals surface area contributed by atoms with E-state index in [9.17, 15) is 9.59 Å². The van der Waals surface area contributed by atoms with Gasteiger partial charge in [0.1, 0.15) is 0 Å². The number of para-hydroxylation sites is 1. The quantitative estimate of drug-likeness (QED) is 0.626.